The topological polar surface area (TPSA) is 154 Å². The molecule has 2 amide bonds. The van der Waals surface area contributed by atoms with Gasteiger partial charge in [0.1, 0.15) is 17.7 Å². The van der Waals surface area contributed by atoms with Crippen molar-refractivity contribution in [1.29, 1.82) is 0 Å². The van der Waals surface area contributed by atoms with Crippen molar-refractivity contribution in [1.82, 2.24) is 15.1 Å². The average molecular weight is 699 g/mol. The number of allylic oxidation sites excluding steroid dienone is 1. The normalized spacial score (nSPS) is 33.6. The summed E-state index contributed by atoms with van der Waals surface area (Å²) in [7, 11) is 0. The minimum Gasteiger partial charge on any atom is -0.449 e. The molecule has 6 rings (SSSR count). The van der Waals surface area contributed by atoms with E-state index in [1.807, 2.05) is 26.8 Å². The number of aliphatic hydroxyl groups is 1. The molecule has 1 heterocycles. The van der Waals surface area contributed by atoms with Crippen LogP contribution in [0.25, 0.3) is 11.8 Å². The van der Waals surface area contributed by atoms with Gasteiger partial charge in [-0.25, -0.2) is 13.5 Å². The molecule has 1 aromatic carbocycles. The number of carbonyl (C=O) groups is 4. The molecule has 49 heavy (non-hydrogen) atoms. The Kier molecular flexibility index (Phi) is 9.09. The molecular weight excluding hydrogens is 654 g/mol. The largest absolute Gasteiger partial charge is 0.449 e. The minimum atomic E-state index is -2.06. The van der Waals surface area contributed by atoms with Crippen molar-refractivity contribution >= 4 is 40.7 Å². The van der Waals surface area contributed by atoms with Crippen LogP contribution < -0.4 is 11.1 Å². The molecule has 264 valence electrons. The SMILES string of the molecule is CCCC(=O)O[C@]1(C(=O)SCF)CC[C@H]2[C@@H]3CCC4=Cc5c(cnn5-c5cccc(C(=O)N[C@@H](C)C(N)=O)c5)C[C@]4(C)[C@@]3(F)[C@@H](O)C[C@@]21C. The van der Waals surface area contributed by atoms with Gasteiger partial charge in [-0.05, 0) is 99.4 Å². The third-order valence-electron chi connectivity index (χ3n) is 12.1. The van der Waals surface area contributed by atoms with Gasteiger partial charge in [-0.1, -0.05) is 32.4 Å². The molecule has 4 N–H and O–H groups in total. The molecule has 0 bridgehead atoms. The Bertz CT molecular complexity index is 1730. The molecule has 8 atom stereocenters. The average Bonchev–Trinajstić information content (AvgIpc) is 3.58. The lowest BCUT2D eigenvalue weighted by Crippen LogP contribution is -2.70. The van der Waals surface area contributed by atoms with Crippen molar-refractivity contribution in [3.8, 4) is 5.69 Å². The number of aliphatic hydroxyl groups excluding tert-OH is 1. The number of rotatable bonds is 9. The second kappa shape index (κ2) is 12.6. The number of benzene rings is 1. The number of hydrogen-bond donors (Lipinski definition) is 3. The Morgan fingerprint density at radius 1 is 1.22 bits per heavy atom. The molecule has 3 saturated carbocycles. The number of alkyl halides is 2. The summed E-state index contributed by atoms with van der Waals surface area (Å²) in [6.45, 7) is 6.99. The number of thioether (sulfide) groups is 1. The van der Waals surface area contributed by atoms with Crippen molar-refractivity contribution < 1.29 is 37.8 Å². The van der Waals surface area contributed by atoms with E-state index < -0.39 is 69.1 Å². The monoisotopic (exact) mass is 698 g/mol. The van der Waals surface area contributed by atoms with E-state index in [2.05, 4.69) is 10.4 Å². The molecule has 1 aromatic heterocycles. The van der Waals surface area contributed by atoms with E-state index in [9.17, 15) is 28.7 Å². The predicted molar refractivity (Wildman–Crippen MR) is 180 cm³/mol. The molecule has 0 spiro atoms. The van der Waals surface area contributed by atoms with Gasteiger partial charge in [0.15, 0.2) is 5.60 Å². The second-order valence-corrected chi connectivity index (χ2v) is 15.5. The van der Waals surface area contributed by atoms with Crippen molar-refractivity contribution in [3.05, 3.63) is 52.9 Å². The van der Waals surface area contributed by atoms with E-state index in [0.29, 0.717) is 48.7 Å². The highest BCUT2D eigenvalue weighted by Crippen LogP contribution is 2.71. The van der Waals surface area contributed by atoms with Crippen molar-refractivity contribution in [2.75, 3.05) is 6.01 Å². The number of nitrogens with zero attached hydrogens (tertiary/aromatic N) is 2. The number of nitrogens with two attached hydrogens (primary N) is 1. The van der Waals surface area contributed by atoms with Gasteiger partial charge in [0, 0.05) is 28.7 Å². The van der Waals surface area contributed by atoms with Crippen molar-refractivity contribution in [2.45, 2.75) is 102 Å². The summed E-state index contributed by atoms with van der Waals surface area (Å²) in [5.74, 6) is -2.67. The number of halogens is 2. The number of amides is 2. The fourth-order valence-corrected chi connectivity index (χ4v) is 10.2. The molecule has 0 unspecified atom stereocenters. The third-order valence-corrected chi connectivity index (χ3v) is 12.8. The summed E-state index contributed by atoms with van der Waals surface area (Å²) >= 11 is 0.470. The summed E-state index contributed by atoms with van der Waals surface area (Å²) in [4.78, 5) is 50.7. The Labute approximate surface area is 288 Å². The van der Waals surface area contributed by atoms with E-state index in [-0.39, 0.29) is 31.6 Å². The number of primary amides is 1. The van der Waals surface area contributed by atoms with Crippen molar-refractivity contribution in [2.24, 2.45) is 28.4 Å². The highest BCUT2D eigenvalue weighted by molar-refractivity contribution is 8.13. The fraction of sp³-hybridized carbons (Fsp3) is 0.583. The van der Waals surface area contributed by atoms with Gasteiger partial charge in [0.05, 0.1) is 23.7 Å². The molecule has 0 aliphatic heterocycles. The third kappa shape index (κ3) is 5.25. The Morgan fingerprint density at radius 2 is 1.98 bits per heavy atom. The van der Waals surface area contributed by atoms with Gasteiger partial charge in [-0.15, -0.1) is 0 Å². The van der Waals surface area contributed by atoms with Gasteiger partial charge >= 0.3 is 5.97 Å². The van der Waals surface area contributed by atoms with Crippen LogP contribution in [-0.4, -0.2) is 67.2 Å². The highest BCUT2D eigenvalue weighted by atomic mass is 32.2. The van der Waals surface area contributed by atoms with Crippen molar-refractivity contribution in [3.63, 3.8) is 0 Å². The Hall–Kier alpha value is -3.58. The van der Waals surface area contributed by atoms with Gasteiger partial charge in [0.2, 0.25) is 11.0 Å². The fourth-order valence-electron chi connectivity index (χ4n) is 9.54. The number of fused-ring (bicyclic) bond motifs is 6. The summed E-state index contributed by atoms with van der Waals surface area (Å²) in [5, 5.41) is 18.6. The van der Waals surface area contributed by atoms with E-state index in [1.54, 1.807) is 35.1 Å². The Balaban J connectivity index is 1.33. The highest BCUT2D eigenvalue weighted by Gasteiger charge is 2.76. The predicted octanol–water partition coefficient (Wildman–Crippen LogP) is 4.99. The van der Waals surface area contributed by atoms with Crippen LogP contribution in [0.1, 0.15) is 94.3 Å². The maximum atomic E-state index is 18.2. The molecule has 4 aliphatic rings. The maximum absolute atomic E-state index is 18.2. The quantitative estimate of drug-likeness (QED) is 0.310. The lowest BCUT2D eigenvalue weighted by atomic mass is 9.44. The first-order valence-corrected chi connectivity index (χ1v) is 18.0. The molecule has 4 aliphatic carbocycles. The summed E-state index contributed by atoms with van der Waals surface area (Å²) in [5.41, 5.74) is 2.72. The smallest absolute Gasteiger partial charge is 0.306 e. The first-order valence-electron chi connectivity index (χ1n) is 17.0. The summed E-state index contributed by atoms with van der Waals surface area (Å²) in [6.07, 6.45) is 4.45. The van der Waals surface area contributed by atoms with Gasteiger partial charge in [-0.3, -0.25) is 19.2 Å². The van der Waals surface area contributed by atoms with E-state index in [1.165, 1.54) is 6.92 Å². The van der Waals surface area contributed by atoms with E-state index in [0.717, 1.165) is 16.8 Å². The molecule has 13 heteroatoms. The lowest BCUT2D eigenvalue weighted by Gasteiger charge is -2.63. The zero-order chi connectivity index (χ0) is 35.5. The standard InChI is InChI=1S/C36H44F2N4O6S/c1-5-7-29(44)48-35(32(47)49-19-37)13-12-25-26-11-10-23-15-27-22(16-33(23,3)36(26,38)28(43)17-34(25,35)4)18-40-42(27)24-9-6-8-21(14-24)31(46)41-20(2)30(39)45/h6,8-9,14-15,18,20,25-26,28,43H,5,7,10-13,16-17,19H2,1-4H3,(H2,39,45)(H,41,46)/t20-,25-,26-,28-,33-,34-,35-,36-/m0/s1. The van der Waals surface area contributed by atoms with Crippen LogP contribution in [0.5, 0.6) is 0 Å². The Morgan fingerprint density at radius 3 is 2.67 bits per heavy atom. The lowest BCUT2D eigenvalue weighted by molar-refractivity contribution is -0.228. The maximum Gasteiger partial charge on any atom is 0.306 e. The van der Waals surface area contributed by atoms with Gasteiger partial charge in [-0.2, -0.15) is 5.10 Å². The van der Waals surface area contributed by atoms with Crippen LogP contribution in [0.15, 0.2) is 36.0 Å². The number of aromatic nitrogens is 2. The first kappa shape index (κ1) is 35.3. The zero-order valence-corrected chi connectivity index (χ0v) is 29.1. The van der Waals surface area contributed by atoms with Crippen LogP contribution in [0.2, 0.25) is 0 Å². The number of carbonyl (C=O) groups excluding carboxylic acids is 4. The zero-order valence-electron chi connectivity index (χ0n) is 28.3. The van der Waals surface area contributed by atoms with Crippen LogP contribution in [-0.2, 0) is 25.5 Å². The molecular formula is C36H44F2N4O6S. The first-order chi connectivity index (χ1) is 23.2. The number of ether oxygens (including phenoxy) is 1. The molecule has 0 saturated heterocycles. The summed E-state index contributed by atoms with van der Waals surface area (Å²) in [6, 6.07) is 4.97. The van der Waals surface area contributed by atoms with E-state index >= 15 is 4.39 Å². The van der Waals surface area contributed by atoms with Crippen LogP contribution in [0, 0.1) is 22.7 Å². The van der Waals surface area contributed by atoms with Gasteiger partial charge in [0.25, 0.3) is 5.91 Å². The minimum absolute atomic E-state index is 0.101. The van der Waals surface area contributed by atoms with Crippen LogP contribution in [0.3, 0.4) is 0 Å². The number of nitrogens with one attached hydrogen (secondary N) is 1. The molecule has 0 radical (unpaired) electrons. The molecule has 3 fully saturated rings. The molecule has 2 aromatic rings. The second-order valence-electron chi connectivity index (χ2n) is 14.6. The van der Waals surface area contributed by atoms with E-state index in [4.69, 9.17) is 10.5 Å². The van der Waals surface area contributed by atoms with Gasteiger partial charge < -0.3 is 20.9 Å². The van der Waals surface area contributed by atoms with Crippen LogP contribution in [0.4, 0.5) is 8.78 Å². The number of esters is 1. The summed E-state index contributed by atoms with van der Waals surface area (Å²) < 4.78 is 39.4. The molecule has 10 nitrogen and oxygen atoms in total. The van der Waals surface area contributed by atoms with Crippen LogP contribution >= 0.6 is 11.8 Å². The number of hydrogen-bond acceptors (Lipinski definition) is 8.